The van der Waals surface area contributed by atoms with Crippen molar-refractivity contribution in [3.8, 4) is 0 Å². The molecule has 0 bridgehead atoms. The van der Waals surface area contributed by atoms with Crippen molar-refractivity contribution in [2.75, 3.05) is 5.73 Å². The Bertz CT molecular complexity index is 721. The number of hydrogen-bond donors (Lipinski definition) is 2. The normalized spacial score (nSPS) is 12.9. The van der Waals surface area contributed by atoms with E-state index in [-0.39, 0.29) is 23.3 Å². The van der Waals surface area contributed by atoms with Gasteiger partial charge < -0.3 is 15.8 Å². The van der Waals surface area contributed by atoms with E-state index in [4.69, 9.17) is 10.5 Å². The Morgan fingerprint density at radius 2 is 2.00 bits per heavy atom. The van der Waals surface area contributed by atoms with Crippen molar-refractivity contribution >= 4 is 17.7 Å². The third-order valence-corrected chi connectivity index (χ3v) is 3.71. The van der Waals surface area contributed by atoms with Gasteiger partial charge in [-0.3, -0.25) is 4.79 Å². The maximum absolute atomic E-state index is 12.4. The lowest BCUT2D eigenvalue weighted by atomic mass is 10.0. The van der Waals surface area contributed by atoms with Crippen LogP contribution in [0.5, 0.6) is 0 Å². The minimum Gasteiger partial charge on any atom is -0.449 e. The molecule has 2 aromatic rings. The minimum atomic E-state index is -0.963. The molecular formula is C18H22N4O3. The Morgan fingerprint density at radius 3 is 2.64 bits per heavy atom. The van der Waals surface area contributed by atoms with Crippen molar-refractivity contribution in [2.45, 2.75) is 38.8 Å². The fourth-order valence-corrected chi connectivity index (χ4v) is 2.36. The molecule has 0 fully saturated rings. The summed E-state index contributed by atoms with van der Waals surface area (Å²) in [6.45, 7) is 3.56. The van der Waals surface area contributed by atoms with Gasteiger partial charge in [0.25, 0.3) is 5.91 Å². The zero-order chi connectivity index (χ0) is 18.2. The first-order valence-corrected chi connectivity index (χ1v) is 8.14. The van der Waals surface area contributed by atoms with Crippen LogP contribution in [0.4, 0.5) is 5.82 Å². The summed E-state index contributed by atoms with van der Waals surface area (Å²) in [4.78, 5) is 32.0. The summed E-state index contributed by atoms with van der Waals surface area (Å²) in [5.41, 5.74) is 6.67. The number of hydrogen-bond acceptors (Lipinski definition) is 6. The van der Waals surface area contributed by atoms with E-state index in [0.29, 0.717) is 0 Å². The molecule has 1 aromatic carbocycles. The van der Waals surface area contributed by atoms with E-state index >= 15 is 0 Å². The van der Waals surface area contributed by atoms with Crippen molar-refractivity contribution in [2.24, 2.45) is 0 Å². The first kappa shape index (κ1) is 18.4. The number of esters is 1. The van der Waals surface area contributed by atoms with Crippen LogP contribution in [0.25, 0.3) is 0 Å². The average molecular weight is 342 g/mol. The molecule has 0 saturated heterocycles. The molecule has 1 heterocycles. The summed E-state index contributed by atoms with van der Waals surface area (Å²) in [7, 11) is 0. The van der Waals surface area contributed by atoms with Crippen LogP contribution in [0.15, 0.2) is 42.9 Å². The van der Waals surface area contributed by atoms with Gasteiger partial charge in [-0.25, -0.2) is 14.8 Å². The monoisotopic (exact) mass is 342 g/mol. The zero-order valence-corrected chi connectivity index (χ0v) is 14.3. The van der Waals surface area contributed by atoms with Crippen molar-refractivity contribution < 1.29 is 14.3 Å². The van der Waals surface area contributed by atoms with Crippen LogP contribution < -0.4 is 11.1 Å². The van der Waals surface area contributed by atoms with Crippen molar-refractivity contribution in [3.05, 3.63) is 54.0 Å². The second-order valence-corrected chi connectivity index (χ2v) is 5.63. The van der Waals surface area contributed by atoms with E-state index in [9.17, 15) is 9.59 Å². The molecule has 7 nitrogen and oxygen atoms in total. The number of anilines is 1. The third-order valence-electron chi connectivity index (χ3n) is 3.71. The molecule has 2 rings (SSSR count). The van der Waals surface area contributed by atoms with Crippen LogP contribution >= 0.6 is 0 Å². The van der Waals surface area contributed by atoms with Gasteiger partial charge in [-0.15, -0.1) is 0 Å². The topological polar surface area (TPSA) is 107 Å². The predicted molar refractivity (Wildman–Crippen MR) is 93.6 cm³/mol. The minimum absolute atomic E-state index is 0.0146. The number of carbonyl (C=O) groups excluding carboxylic acids is 2. The van der Waals surface area contributed by atoms with Gasteiger partial charge in [0.2, 0.25) is 0 Å². The highest BCUT2D eigenvalue weighted by molar-refractivity contribution is 5.95. The van der Waals surface area contributed by atoms with E-state index in [1.54, 1.807) is 0 Å². The summed E-state index contributed by atoms with van der Waals surface area (Å²) in [5.74, 6) is -1.08. The lowest BCUT2D eigenvalue weighted by molar-refractivity contribution is -0.129. The molecule has 25 heavy (non-hydrogen) atoms. The second-order valence-electron chi connectivity index (χ2n) is 5.63. The standard InChI is InChI=1S/C18H22N4O3/c1-3-7-15(13-8-5-4-6-9-13)22-17(23)12(2)25-18(24)14-10-20-11-21-16(14)19/h4-6,8-12,15H,3,7H2,1-2H3,(H,22,23)(H2,19,20,21)/t12-,15+/m1/s1. The molecule has 2 atom stereocenters. The van der Waals surface area contributed by atoms with Crippen LogP contribution in [0, 0.1) is 0 Å². The van der Waals surface area contributed by atoms with Gasteiger partial charge in [-0.2, -0.15) is 0 Å². The van der Waals surface area contributed by atoms with Gasteiger partial charge in [0.05, 0.1) is 6.04 Å². The van der Waals surface area contributed by atoms with Crippen LogP contribution in [0.1, 0.15) is 48.7 Å². The molecule has 0 unspecified atom stereocenters. The van der Waals surface area contributed by atoms with E-state index in [2.05, 4.69) is 15.3 Å². The fourth-order valence-electron chi connectivity index (χ4n) is 2.36. The lowest BCUT2D eigenvalue weighted by Gasteiger charge is -2.21. The van der Waals surface area contributed by atoms with E-state index in [0.717, 1.165) is 18.4 Å². The summed E-state index contributed by atoms with van der Waals surface area (Å²) < 4.78 is 5.18. The molecule has 1 aromatic heterocycles. The number of nitrogens with zero attached hydrogens (tertiary/aromatic N) is 2. The highest BCUT2D eigenvalue weighted by Gasteiger charge is 2.23. The number of amides is 1. The lowest BCUT2D eigenvalue weighted by Crippen LogP contribution is -2.38. The van der Waals surface area contributed by atoms with Crippen LogP contribution in [0.3, 0.4) is 0 Å². The van der Waals surface area contributed by atoms with Gasteiger partial charge in [0.1, 0.15) is 17.7 Å². The number of nitrogens with two attached hydrogens (primary N) is 1. The number of ether oxygens (including phenoxy) is 1. The third kappa shape index (κ3) is 5.00. The van der Waals surface area contributed by atoms with Gasteiger partial charge >= 0.3 is 5.97 Å². The van der Waals surface area contributed by atoms with E-state index in [1.165, 1.54) is 19.4 Å². The summed E-state index contributed by atoms with van der Waals surface area (Å²) in [5, 5.41) is 2.93. The molecule has 0 saturated carbocycles. The van der Waals surface area contributed by atoms with Gasteiger partial charge in [0, 0.05) is 6.20 Å². The number of benzene rings is 1. The maximum atomic E-state index is 12.4. The summed E-state index contributed by atoms with van der Waals surface area (Å²) >= 11 is 0. The Kier molecular flexibility index (Phi) is 6.45. The first-order valence-electron chi connectivity index (χ1n) is 8.14. The Hall–Kier alpha value is -2.96. The molecular weight excluding hydrogens is 320 g/mol. The molecule has 132 valence electrons. The Labute approximate surface area is 146 Å². The van der Waals surface area contributed by atoms with Crippen LogP contribution in [0.2, 0.25) is 0 Å². The Balaban J connectivity index is 2.01. The molecule has 0 aliphatic heterocycles. The van der Waals surface area contributed by atoms with Crippen molar-refractivity contribution in [1.29, 1.82) is 0 Å². The largest absolute Gasteiger partial charge is 0.449 e. The molecule has 3 N–H and O–H groups in total. The fraction of sp³-hybridized carbons (Fsp3) is 0.333. The summed E-state index contributed by atoms with van der Waals surface area (Å²) in [6.07, 6.45) is 3.23. The molecule has 0 radical (unpaired) electrons. The SMILES string of the molecule is CCC[C@H](NC(=O)[C@@H](C)OC(=O)c1cncnc1N)c1ccccc1. The van der Waals surface area contributed by atoms with E-state index in [1.807, 2.05) is 37.3 Å². The van der Waals surface area contributed by atoms with E-state index < -0.39 is 12.1 Å². The quantitative estimate of drug-likeness (QED) is 0.747. The van der Waals surface area contributed by atoms with Gasteiger partial charge in [-0.05, 0) is 18.9 Å². The van der Waals surface area contributed by atoms with Gasteiger partial charge in [-0.1, -0.05) is 43.7 Å². The first-order chi connectivity index (χ1) is 12.0. The summed E-state index contributed by atoms with van der Waals surface area (Å²) in [6, 6.07) is 9.55. The van der Waals surface area contributed by atoms with Crippen LogP contribution in [-0.2, 0) is 9.53 Å². The number of aromatic nitrogens is 2. The van der Waals surface area contributed by atoms with Crippen molar-refractivity contribution in [3.63, 3.8) is 0 Å². The molecule has 0 aliphatic carbocycles. The second kappa shape index (κ2) is 8.77. The maximum Gasteiger partial charge on any atom is 0.344 e. The molecule has 0 aliphatic rings. The molecule has 0 spiro atoms. The number of nitrogens with one attached hydrogen (secondary N) is 1. The number of nitrogen functional groups attached to an aromatic ring is 1. The van der Waals surface area contributed by atoms with Gasteiger partial charge in [0.15, 0.2) is 6.10 Å². The molecule has 1 amide bonds. The Morgan fingerprint density at radius 1 is 1.28 bits per heavy atom. The highest BCUT2D eigenvalue weighted by atomic mass is 16.5. The number of rotatable bonds is 7. The zero-order valence-electron chi connectivity index (χ0n) is 14.3. The van der Waals surface area contributed by atoms with Crippen molar-refractivity contribution in [1.82, 2.24) is 15.3 Å². The highest BCUT2D eigenvalue weighted by Crippen LogP contribution is 2.18. The average Bonchev–Trinajstić information content (AvgIpc) is 2.62. The smallest absolute Gasteiger partial charge is 0.344 e. The number of carbonyl (C=O) groups is 2. The van der Waals surface area contributed by atoms with Crippen LogP contribution in [-0.4, -0.2) is 27.9 Å². The molecule has 7 heteroatoms. The predicted octanol–water partition coefficient (Wildman–Crippen LogP) is 2.26.